The Morgan fingerprint density at radius 2 is 1.96 bits per heavy atom. The van der Waals surface area contributed by atoms with Crippen LogP contribution >= 0.6 is 0 Å². The van der Waals surface area contributed by atoms with Gasteiger partial charge in [0.15, 0.2) is 6.39 Å². The molecule has 0 bridgehead atoms. The lowest BCUT2D eigenvalue weighted by molar-refractivity contribution is -0.0138. The fourth-order valence-corrected chi connectivity index (χ4v) is 3.72. The van der Waals surface area contributed by atoms with Gasteiger partial charge in [-0.05, 0) is 32.9 Å². The summed E-state index contributed by atoms with van der Waals surface area (Å²) in [5.74, 6) is 0.878. The van der Waals surface area contributed by atoms with Crippen molar-refractivity contribution in [3.8, 4) is 5.69 Å². The molecule has 3 aromatic rings. The van der Waals surface area contributed by atoms with Crippen LogP contribution in [0.3, 0.4) is 0 Å². The second-order valence-electron chi connectivity index (χ2n) is 6.75. The van der Waals surface area contributed by atoms with E-state index >= 15 is 0 Å². The molecule has 1 aromatic carbocycles. The van der Waals surface area contributed by atoms with Crippen LogP contribution in [0.2, 0.25) is 0 Å². The molecule has 0 N–H and O–H groups in total. The minimum atomic E-state index is 0.164. The first kappa shape index (κ1) is 17.0. The Morgan fingerprint density at radius 3 is 2.69 bits per heavy atom. The van der Waals surface area contributed by atoms with Crippen molar-refractivity contribution in [2.45, 2.75) is 33.4 Å². The number of aryl methyl sites for hydroxylation is 2. The number of aromatic nitrogens is 3. The number of benzene rings is 1. The van der Waals surface area contributed by atoms with E-state index in [9.17, 15) is 0 Å². The number of rotatable bonds is 4. The summed E-state index contributed by atoms with van der Waals surface area (Å²) in [6.07, 6.45) is 1.52. The summed E-state index contributed by atoms with van der Waals surface area (Å²) < 4.78 is 13.2. The lowest BCUT2D eigenvalue weighted by Gasteiger charge is -2.35. The molecule has 1 aliphatic rings. The van der Waals surface area contributed by atoms with E-state index in [4.69, 9.17) is 14.3 Å². The van der Waals surface area contributed by atoms with Gasteiger partial charge >= 0.3 is 0 Å². The highest BCUT2D eigenvalue weighted by Crippen LogP contribution is 2.31. The molecule has 0 saturated carbocycles. The Hall–Kier alpha value is -2.44. The third-order valence-electron chi connectivity index (χ3n) is 5.12. The van der Waals surface area contributed by atoms with Crippen molar-refractivity contribution < 1.29 is 9.15 Å². The van der Waals surface area contributed by atoms with Crippen molar-refractivity contribution in [3.63, 3.8) is 0 Å². The van der Waals surface area contributed by atoms with Crippen LogP contribution < -0.4 is 0 Å². The molecule has 4 rings (SSSR count). The van der Waals surface area contributed by atoms with E-state index in [1.807, 2.05) is 29.8 Å². The summed E-state index contributed by atoms with van der Waals surface area (Å²) in [6, 6.07) is 10.4. The second kappa shape index (κ2) is 7.05. The molecule has 1 saturated heterocycles. The minimum absolute atomic E-state index is 0.164. The number of para-hydroxylation sites is 1. The third kappa shape index (κ3) is 3.06. The smallest absolute Gasteiger partial charge is 0.181 e. The predicted molar refractivity (Wildman–Crippen MR) is 98.2 cm³/mol. The SMILES string of the molecule is Cc1nn(-c2ccccc2)c(C)c1C1COCCN1Cc1ncoc1C. The van der Waals surface area contributed by atoms with Gasteiger partial charge in [-0.3, -0.25) is 4.90 Å². The molecule has 3 heterocycles. The van der Waals surface area contributed by atoms with Gasteiger partial charge in [0.25, 0.3) is 0 Å². The number of oxazole rings is 1. The summed E-state index contributed by atoms with van der Waals surface area (Å²) in [6.45, 7) is 9.20. The number of hydrogen-bond acceptors (Lipinski definition) is 5. The van der Waals surface area contributed by atoms with Crippen LogP contribution in [-0.4, -0.2) is 39.4 Å². The monoisotopic (exact) mass is 352 g/mol. The standard InChI is InChI=1S/C20H24N4O2/c1-14-20(15(2)24(22-14)17-7-5-4-6-8-17)19-12-25-10-9-23(19)11-18-16(3)26-13-21-18/h4-8,13,19H,9-12H2,1-3H3. The van der Waals surface area contributed by atoms with Crippen molar-refractivity contribution in [2.24, 2.45) is 0 Å². The van der Waals surface area contributed by atoms with E-state index < -0.39 is 0 Å². The molecule has 136 valence electrons. The maximum absolute atomic E-state index is 5.82. The largest absolute Gasteiger partial charge is 0.448 e. The number of morpholine rings is 1. The van der Waals surface area contributed by atoms with Gasteiger partial charge in [0.1, 0.15) is 5.76 Å². The summed E-state index contributed by atoms with van der Waals surface area (Å²) >= 11 is 0. The van der Waals surface area contributed by atoms with Gasteiger partial charge in [-0.2, -0.15) is 5.10 Å². The molecule has 0 amide bonds. The van der Waals surface area contributed by atoms with Crippen molar-refractivity contribution in [2.75, 3.05) is 19.8 Å². The lowest BCUT2D eigenvalue weighted by atomic mass is 10.0. The maximum atomic E-state index is 5.82. The molecule has 26 heavy (non-hydrogen) atoms. The summed E-state index contributed by atoms with van der Waals surface area (Å²) in [5.41, 5.74) is 5.52. The number of nitrogens with zero attached hydrogens (tertiary/aromatic N) is 4. The van der Waals surface area contributed by atoms with Gasteiger partial charge in [-0.25, -0.2) is 9.67 Å². The molecule has 1 atom stereocenters. The quantitative estimate of drug-likeness (QED) is 0.721. The topological polar surface area (TPSA) is 56.3 Å². The van der Waals surface area contributed by atoms with Gasteiger partial charge in [-0.15, -0.1) is 0 Å². The van der Waals surface area contributed by atoms with Gasteiger partial charge in [-0.1, -0.05) is 18.2 Å². The van der Waals surface area contributed by atoms with Gasteiger partial charge in [0.2, 0.25) is 0 Å². The van der Waals surface area contributed by atoms with Gasteiger partial charge < -0.3 is 9.15 Å². The van der Waals surface area contributed by atoms with Crippen molar-refractivity contribution in [1.82, 2.24) is 19.7 Å². The summed E-state index contributed by atoms with van der Waals surface area (Å²) in [4.78, 5) is 6.78. The van der Waals surface area contributed by atoms with Gasteiger partial charge in [0.05, 0.1) is 36.3 Å². The Bertz CT molecular complexity index is 885. The Kier molecular flexibility index (Phi) is 4.61. The van der Waals surface area contributed by atoms with E-state index in [-0.39, 0.29) is 6.04 Å². The van der Waals surface area contributed by atoms with Gasteiger partial charge in [0, 0.05) is 24.3 Å². The van der Waals surface area contributed by atoms with Crippen molar-refractivity contribution in [1.29, 1.82) is 0 Å². The predicted octanol–water partition coefficient (Wildman–Crippen LogP) is 3.36. The molecule has 1 fully saturated rings. The van der Waals surface area contributed by atoms with Crippen LogP contribution in [0.25, 0.3) is 5.69 Å². The summed E-state index contributed by atoms with van der Waals surface area (Å²) in [7, 11) is 0. The molecule has 1 aliphatic heterocycles. The van der Waals surface area contributed by atoms with Crippen LogP contribution in [-0.2, 0) is 11.3 Å². The Morgan fingerprint density at radius 1 is 1.15 bits per heavy atom. The van der Waals surface area contributed by atoms with Crippen LogP contribution in [0.1, 0.15) is 34.4 Å². The highest BCUT2D eigenvalue weighted by molar-refractivity contribution is 5.38. The zero-order valence-corrected chi connectivity index (χ0v) is 15.5. The Balaban J connectivity index is 1.68. The molecular formula is C20H24N4O2. The minimum Gasteiger partial charge on any atom is -0.448 e. The molecule has 2 aromatic heterocycles. The van der Waals surface area contributed by atoms with E-state index in [0.29, 0.717) is 6.61 Å². The molecule has 1 unspecified atom stereocenters. The van der Waals surface area contributed by atoms with E-state index in [1.165, 1.54) is 12.0 Å². The van der Waals surface area contributed by atoms with Crippen LogP contribution in [0.15, 0.2) is 41.1 Å². The zero-order chi connectivity index (χ0) is 18.1. The van der Waals surface area contributed by atoms with Crippen LogP contribution in [0.4, 0.5) is 0 Å². The zero-order valence-electron chi connectivity index (χ0n) is 15.5. The maximum Gasteiger partial charge on any atom is 0.181 e. The highest BCUT2D eigenvalue weighted by Gasteiger charge is 2.30. The summed E-state index contributed by atoms with van der Waals surface area (Å²) in [5, 5.41) is 4.80. The van der Waals surface area contributed by atoms with Crippen LogP contribution in [0, 0.1) is 20.8 Å². The Labute approximate surface area is 153 Å². The first-order chi connectivity index (χ1) is 12.6. The average molecular weight is 352 g/mol. The number of ether oxygens (including phenoxy) is 1. The van der Waals surface area contributed by atoms with E-state index in [2.05, 4.69) is 35.9 Å². The van der Waals surface area contributed by atoms with Crippen LogP contribution in [0.5, 0.6) is 0 Å². The van der Waals surface area contributed by atoms with Crippen molar-refractivity contribution in [3.05, 3.63) is 65.1 Å². The molecule has 0 radical (unpaired) electrons. The molecule has 6 heteroatoms. The molecule has 0 aliphatic carbocycles. The van der Waals surface area contributed by atoms with E-state index in [1.54, 1.807) is 0 Å². The fourth-order valence-electron chi connectivity index (χ4n) is 3.72. The van der Waals surface area contributed by atoms with E-state index in [0.717, 1.165) is 48.2 Å². The van der Waals surface area contributed by atoms with Crippen molar-refractivity contribution >= 4 is 0 Å². The first-order valence-corrected chi connectivity index (χ1v) is 8.97. The normalized spacial score (nSPS) is 18.3. The third-order valence-corrected chi connectivity index (χ3v) is 5.12. The molecule has 0 spiro atoms. The second-order valence-corrected chi connectivity index (χ2v) is 6.75. The lowest BCUT2D eigenvalue weighted by Crippen LogP contribution is -2.39. The first-order valence-electron chi connectivity index (χ1n) is 8.97. The molecular weight excluding hydrogens is 328 g/mol. The highest BCUT2D eigenvalue weighted by atomic mass is 16.5. The number of hydrogen-bond donors (Lipinski definition) is 0. The fraction of sp³-hybridized carbons (Fsp3) is 0.400. The average Bonchev–Trinajstić information content (AvgIpc) is 3.19. The molecule has 6 nitrogen and oxygen atoms in total.